The number of aromatic nitrogens is 1. The van der Waals surface area contributed by atoms with Crippen LogP contribution in [0.25, 0.3) is 0 Å². The molecule has 34 heavy (non-hydrogen) atoms. The topological polar surface area (TPSA) is 155 Å². The molecule has 186 valence electrons. The van der Waals surface area contributed by atoms with Gasteiger partial charge < -0.3 is 30.9 Å². The minimum atomic E-state index is -5.07. The third-order valence-corrected chi connectivity index (χ3v) is 6.49. The Labute approximate surface area is 190 Å². The number of carbonyl (C=O) groups excluding carboxylic acids is 1. The highest BCUT2D eigenvalue weighted by atomic mass is 32.2. The molecule has 2 aliphatic heterocycles. The Morgan fingerprint density at radius 3 is 2.24 bits per heavy atom. The Hall–Kier alpha value is -3.01. The van der Waals surface area contributed by atoms with E-state index in [1.54, 1.807) is 0 Å². The molecule has 0 bridgehead atoms. The van der Waals surface area contributed by atoms with Crippen molar-refractivity contribution in [2.45, 2.75) is 28.4 Å². The minimum Gasteiger partial charge on any atom is -0.406 e. The lowest BCUT2D eigenvalue weighted by molar-refractivity contribution is -0.274. The SMILES string of the molecule is Nc1cc(S(=O)(=O)c2ccc(OC(F)(F)F)cc2F)cnc1C(=O)N1CC(O)C1.OC1CNC1. The van der Waals surface area contributed by atoms with E-state index < -0.39 is 49.6 Å². The molecule has 2 saturated heterocycles. The van der Waals surface area contributed by atoms with Crippen molar-refractivity contribution in [2.75, 3.05) is 31.9 Å². The second-order valence-electron chi connectivity index (χ2n) is 7.43. The summed E-state index contributed by atoms with van der Waals surface area (Å²) in [4.78, 5) is 15.7. The normalized spacial score (nSPS) is 16.7. The van der Waals surface area contributed by atoms with Gasteiger partial charge in [-0.05, 0) is 18.2 Å². The van der Waals surface area contributed by atoms with Crippen molar-refractivity contribution < 1.29 is 45.7 Å². The lowest BCUT2D eigenvalue weighted by atomic mass is 10.1. The van der Waals surface area contributed by atoms with Gasteiger partial charge in [0.1, 0.15) is 16.5 Å². The number of amides is 1. The molecule has 0 saturated carbocycles. The summed E-state index contributed by atoms with van der Waals surface area (Å²) >= 11 is 0. The molecule has 2 aliphatic rings. The molecular formula is C19H20F4N4O6S. The number of nitrogen functional groups attached to an aromatic ring is 1. The van der Waals surface area contributed by atoms with Crippen LogP contribution in [0.2, 0.25) is 0 Å². The van der Waals surface area contributed by atoms with Gasteiger partial charge in [-0.2, -0.15) is 0 Å². The van der Waals surface area contributed by atoms with Gasteiger partial charge in [-0.1, -0.05) is 0 Å². The number of anilines is 1. The van der Waals surface area contributed by atoms with Crippen LogP contribution in [0.15, 0.2) is 40.3 Å². The van der Waals surface area contributed by atoms with E-state index in [4.69, 9.17) is 10.8 Å². The van der Waals surface area contributed by atoms with Crippen LogP contribution < -0.4 is 15.8 Å². The second kappa shape index (κ2) is 9.69. The van der Waals surface area contributed by atoms with Crippen LogP contribution in [-0.4, -0.2) is 79.2 Å². The van der Waals surface area contributed by atoms with Crippen LogP contribution in [0.4, 0.5) is 23.2 Å². The summed E-state index contributed by atoms with van der Waals surface area (Å²) in [6.45, 7) is 1.75. The Morgan fingerprint density at radius 2 is 1.79 bits per heavy atom. The molecule has 5 N–H and O–H groups in total. The number of sulfone groups is 1. The third-order valence-electron chi connectivity index (χ3n) is 4.74. The molecule has 15 heteroatoms. The van der Waals surface area contributed by atoms with E-state index in [2.05, 4.69) is 15.0 Å². The molecule has 10 nitrogen and oxygen atoms in total. The Kier molecular flexibility index (Phi) is 7.30. The van der Waals surface area contributed by atoms with Crippen molar-refractivity contribution in [1.82, 2.24) is 15.2 Å². The van der Waals surface area contributed by atoms with E-state index in [1.165, 1.54) is 4.90 Å². The number of aliphatic hydroxyl groups is 2. The largest absolute Gasteiger partial charge is 0.573 e. The summed E-state index contributed by atoms with van der Waals surface area (Å²) in [5.41, 5.74) is 5.16. The fraction of sp³-hybridized carbons (Fsp3) is 0.368. The van der Waals surface area contributed by atoms with Gasteiger partial charge in [-0.15, -0.1) is 13.2 Å². The molecule has 4 rings (SSSR count). The van der Waals surface area contributed by atoms with Crippen LogP contribution in [0.1, 0.15) is 10.5 Å². The summed E-state index contributed by atoms with van der Waals surface area (Å²) in [6, 6.07) is 2.44. The van der Waals surface area contributed by atoms with Crippen LogP contribution in [0.3, 0.4) is 0 Å². The van der Waals surface area contributed by atoms with Crippen molar-refractivity contribution in [3.05, 3.63) is 42.0 Å². The molecule has 0 spiro atoms. The van der Waals surface area contributed by atoms with Gasteiger partial charge in [0.05, 0.1) is 22.8 Å². The fourth-order valence-electron chi connectivity index (χ4n) is 2.86. The van der Waals surface area contributed by atoms with E-state index in [-0.39, 0.29) is 36.6 Å². The maximum atomic E-state index is 14.1. The highest BCUT2D eigenvalue weighted by Gasteiger charge is 2.33. The number of ether oxygens (including phenoxy) is 1. The Bertz CT molecular complexity index is 1170. The summed E-state index contributed by atoms with van der Waals surface area (Å²) in [6.07, 6.45) is -4.99. The number of hydrogen-bond acceptors (Lipinski definition) is 9. The molecule has 1 aromatic heterocycles. The number of nitrogens with one attached hydrogen (secondary N) is 1. The zero-order chi connectivity index (χ0) is 25.3. The number of hydrogen-bond donors (Lipinski definition) is 4. The predicted molar refractivity (Wildman–Crippen MR) is 108 cm³/mol. The lowest BCUT2D eigenvalue weighted by Gasteiger charge is -2.35. The van der Waals surface area contributed by atoms with Crippen molar-refractivity contribution in [3.63, 3.8) is 0 Å². The van der Waals surface area contributed by atoms with Crippen LogP contribution in [0, 0.1) is 5.82 Å². The first-order valence-electron chi connectivity index (χ1n) is 9.70. The van der Waals surface area contributed by atoms with Gasteiger partial charge in [-0.25, -0.2) is 17.8 Å². The van der Waals surface area contributed by atoms with Crippen LogP contribution in [0.5, 0.6) is 5.75 Å². The van der Waals surface area contributed by atoms with E-state index in [9.17, 15) is 35.9 Å². The second-order valence-corrected chi connectivity index (χ2v) is 9.35. The zero-order valence-corrected chi connectivity index (χ0v) is 18.1. The van der Waals surface area contributed by atoms with Crippen molar-refractivity contribution in [3.8, 4) is 5.75 Å². The number of pyridine rings is 1. The monoisotopic (exact) mass is 508 g/mol. The molecular weight excluding hydrogens is 488 g/mol. The lowest BCUT2D eigenvalue weighted by Crippen LogP contribution is -2.53. The molecule has 1 aromatic carbocycles. The van der Waals surface area contributed by atoms with Crippen LogP contribution in [-0.2, 0) is 9.84 Å². The van der Waals surface area contributed by atoms with E-state index in [0.29, 0.717) is 12.1 Å². The molecule has 0 atom stereocenters. The highest BCUT2D eigenvalue weighted by Crippen LogP contribution is 2.30. The molecule has 3 heterocycles. The number of likely N-dealkylation sites (tertiary alicyclic amines) is 1. The number of halogens is 4. The standard InChI is InChI=1S/C16H13F4N3O5S.C3H7NO/c17-11-3-9(28-16(18,19)20)1-2-13(11)29(26,27)10-4-12(21)14(22-5-10)15(25)23-6-8(24)7-23;5-3-1-4-2-3/h1-5,8,24H,6-7,21H2;3-5H,1-2H2. The highest BCUT2D eigenvalue weighted by molar-refractivity contribution is 7.91. The van der Waals surface area contributed by atoms with Gasteiger partial charge in [-0.3, -0.25) is 4.79 Å². The number of alkyl halides is 3. The number of nitrogens with zero attached hydrogens (tertiary/aromatic N) is 2. The van der Waals surface area contributed by atoms with Gasteiger partial charge in [0.25, 0.3) is 5.91 Å². The summed E-state index contributed by atoms with van der Waals surface area (Å²) < 4.78 is 79.5. The Balaban J connectivity index is 0.000000574. The zero-order valence-electron chi connectivity index (χ0n) is 17.3. The maximum Gasteiger partial charge on any atom is 0.573 e. The number of nitrogens with two attached hydrogens (primary N) is 1. The fourth-order valence-corrected chi connectivity index (χ4v) is 4.15. The molecule has 2 aromatic rings. The molecule has 2 fully saturated rings. The maximum absolute atomic E-state index is 14.1. The average Bonchev–Trinajstić information content (AvgIpc) is 2.68. The number of carbonyl (C=O) groups is 1. The first kappa shape index (κ1) is 25.6. The molecule has 1 amide bonds. The van der Waals surface area contributed by atoms with Gasteiger partial charge >= 0.3 is 6.36 Å². The summed E-state index contributed by atoms with van der Waals surface area (Å²) in [5.74, 6) is -3.01. The predicted octanol–water partition coefficient (Wildman–Crippen LogP) is 0.301. The van der Waals surface area contributed by atoms with Crippen molar-refractivity contribution >= 4 is 21.4 Å². The summed E-state index contributed by atoms with van der Waals surface area (Å²) in [7, 11) is -4.53. The van der Waals surface area contributed by atoms with E-state index in [1.807, 2.05) is 0 Å². The van der Waals surface area contributed by atoms with Crippen molar-refractivity contribution in [2.24, 2.45) is 0 Å². The smallest absolute Gasteiger partial charge is 0.406 e. The number of rotatable bonds is 4. The van der Waals surface area contributed by atoms with Gasteiger partial charge in [0.15, 0.2) is 5.69 Å². The third kappa shape index (κ3) is 5.91. The van der Waals surface area contributed by atoms with E-state index >= 15 is 0 Å². The molecule has 0 aliphatic carbocycles. The Morgan fingerprint density at radius 1 is 1.18 bits per heavy atom. The van der Waals surface area contributed by atoms with E-state index in [0.717, 1.165) is 25.4 Å². The average molecular weight is 508 g/mol. The minimum absolute atomic E-state index is 0.0463. The van der Waals surface area contributed by atoms with Gasteiger partial charge in [0, 0.05) is 38.4 Å². The van der Waals surface area contributed by atoms with Crippen molar-refractivity contribution in [1.29, 1.82) is 0 Å². The first-order chi connectivity index (χ1) is 15.8. The van der Waals surface area contributed by atoms with Gasteiger partial charge in [0.2, 0.25) is 9.84 Å². The molecule has 0 radical (unpaired) electrons. The van der Waals surface area contributed by atoms with Crippen LogP contribution >= 0.6 is 0 Å². The summed E-state index contributed by atoms with van der Waals surface area (Å²) in [5, 5.41) is 20.5. The quantitative estimate of drug-likeness (QED) is 0.427. The number of benzene rings is 1. The first-order valence-corrected chi connectivity index (χ1v) is 11.2. The number of β-amino-alcohol motifs (C(OH)–C–C–N with tert-alkyl or cyclic N) is 2. The number of aliphatic hydroxyl groups excluding tert-OH is 2. The molecule has 0 unspecified atom stereocenters.